The first-order valence-electron chi connectivity index (χ1n) is 4.84. The van der Waals surface area contributed by atoms with E-state index in [4.69, 9.17) is 0 Å². The third-order valence-corrected chi connectivity index (χ3v) is 2.06. The zero-order chi connectivity index (χ0) is 13.7. The second kappa shape index (κ2) is 8.58. The van der Waals surface area contributed by atoms with E-state index in [0.717, 1.165) is 0 Å². The molecule has 0 aromatic carbocycles. The van der Waals surface area contributed by atoms with Gasteiger partial charge in [0.15, 0.2) is 0 Å². The average molecular weight is 294 g/mol. The van der Waals surface area contributed by atoms with Gasteiger partial charge in [-0.15, -0.1) is 0 Å². The molecule has 9 heteroatoms. The summed E-state index contributed by atoms with van der Waals surface area (Å²) in [7, 11) is 0. The van der Waals surface area contributed by atoms with Crippen molar-refractivity contribution in [1.82, 2.24) is 0 Å². The third kappa shape index (κ3) is 8.53. The largest absolute Gasteiger partial charge is 1.00 e. The molecule has 1 unspecified atom stereocenters. The smallest absolute Gasteiger partial charge is 0.415 e. The van der Waals surface area contributed by atoms with Crippen LogP contribution in [-0.4, -0.2) is 18.3 Å². The second-order valence-electron chi connectivity index (χ2n) is 3.57. The summed E-state index contributed by atoms with van der Waals surface area (Å²) >= 11 is 0. The van der Waals surface area contributed by atoms with Gasteiger partial charge in [0.05, 0.1) is 6.43 Å². The average Bonchev–Trinajstić information content (AvgIpc) is 2.14. The number of alkyl halides is 6. The quantitative estimate of drug-likeness (QED) is 0.291. The Balaban J connectivity index is 0. The van der Waals surface area contributed by atoms with Gasteiger partial charge >= 0.3 is 35.7 Å². The van der Waals surface area contributed by atoms with Crippen LogP contribution in [0, 0.1) is 6.43 Å². The van der Waals surface area contributed by atoms with Crippen LogP contribution in [0.4, 0.5) is 35.1 Å². The Morgan fingerprint density at radius 1 is 0.889 bits per heavy atom. The summed E-state index contributed by atoms with van der Waals surface area (Å²) in [5.74, 6) is -4.82. The van der Waals surface area contributed by atoms with E-state index in [2.05, 4.69) is 0 Å². The fourth-order valence-electron chi connectivity index (χ4n) is 1.13. The van der Waals surface area contributed by atoms with Crippen molar-refractivity contribution in [2.24, 2.45) is 0 Å². The molecule has 0 aliphatic heterocycles. The summed E-state index contributed by atoms with van der Waals surface area (Å²) in [6.07, 6.45) is -13.5. The molecule has 0 fully saturated rings. The maximum absolute atomic E-state index is 12.6. The zero-order valence-corrected chi connectivity index (χ0v) is 11.6. The van der Waals surface area contributed by atoms with E-state index in [1.807, 2.05) is 0 Å². The molecule has 0 spiro atoms. The first-order chi connectivity index (χ1) is 7.57. The van der Waals surface area contributed by atoms with Crippen LogP contribution in [0.1, 0.15) is 32.1 Å². The van der Waals surface area contributed by atoms with Crippen LogP contribution in [0.2, 0.25) is 0 Å². The van der Waals surface area contributed by atoms with Crippen molar-refractivity contribution in [2.45, 2.75) is 50.4 Å². The Bertz CT molecular complexity index is 215. The van der Waals surface area contributed by atoms with Crippen molar-refractivity contribution in [2.75, 3.05) is 0 Å². The molecule has 0 nitrogen and oxygen atoms in total. The maximum atomic E-state index is 12.6. The van der Waals surface area contributed by atoms with Crippen molar-refractivity contribution in [1.29, 1.82) is 0 Å². The molecule has 0 N–H and O–H groups in total. The van der Waals surface area contributed by atoms with Crippen LogP contribution in [0.15, 0.2) is 0 Å². The molecule has 0 saturated heterocycles. The van der Waals surface area contributed by atoms with Gasteiger partial charge < -0.3 is 8.78 Å². The van der Waals surface area contributed by atoms with Crippen LogP contribution in [0.3, 0.4) is 0 Å². The first-order valence-corrected chi connectivity index (χ1v) is 4.84. The van der Waals surface area contributed by atoms with Gasteiger partial charge in [-0.2, -0.15) is 13.2 Å². The minimum Gasteiger partial charge on any atom is -0.415 e. The van der Waals surface area contributed by atoms with Crippen LogP contribution < -0.4 is 29.6 Å². The van der Waals surface area contributed by atoms with Crippen molar-refractivity contribution < 1.29 is 64.7 Å². The summed E-state index contributed by atoms with van der Waals surface area (Å²) in [6, 6.07) is 0. The normalized spacial score (nSPS) is 14.5. The van der Waals surface area contributed by atoms with Crippen LogP contribution in [-0.2, 0) is 0 Å². The SMILES string of the molecule is F[C-](F)C(F)(F)C(F)CCCCCC(F)(F)F.[Na+]. The molecule has 104 valence electrons. The predicted molar refractivity (Wildman–Crippen MR) is 44.4 cm³/mol. The number of hydrogen-bond donors (Lipinski definition) is 0. The minimum atomic E-state index is -4.82. The number of halogens is 8. The van der Waals surface area contributed by atoms with E-state index >= 15 is 0 Å². The van der Waals surface area contributed by atoms with Crippen molar-refractivity contribution in [3.8, 4) is 0 Å². The summed E-state index contributed by atoms with van der Waals surface area (Å²) in [5, 5.41) is 0. The van der Waals surface area contributed by atoms with E-state index in [9.17, 15) is 35.1 Å². The standard InChI is InChI=1S/C9H11F8.Na/c10-6(9(16,17)7(11)12)4-2-1-3-5-8(13,14)15;/h6H,1-5H2;/q-1;+1. The summed E-state index contributed by atoms with van der Waals surface area (Å²) in [5.41, 5.74) is 0. The molecule has 1 atom stereocenters. The van der Waals surface area contributed by atoms with E-state index in [-0.39, 0.29) is 48.8 Å². The molecule has 0 aliphatic carbocycles. The molecular formula is C9H11F8Na. The second-order valence-corrected chi connectivity index (χ2v) is 3.57. The minimum absolute atomic E-state index is 0. The molecule has 0 heterocycles. The van der Waals surface area contributed by atoms with Gasteiger partial charge in [-0.25, -0.2) is 13.2 Å². The van der Waals surface area contributed by atoms with Gasteiger partial charge in [-0.05, 0) is 12.8 Å². The Labute approximate surface area is 121 Å². The number of unbranched alkanes of at least 4 members (excludes halogenated alkanes) is 2. The fourth-order valence-corrected chi connectivity index (χ4v) is 1.13. The fraction of sp³-hybridized carbons (Fsp3) is 0.889. The summed E-state index contributed by atoms with van der Waals surface area (Å²) in [6.45, 7) is 0. The maximum Gasteiger partial charge on any atom is 1.00 e. The van der Waals surface area contributed by atoms with Crippen molar-refractivity contribution >= 4 is 0 Å². The predicted octanol–water partition coefficient (Wildman–Crippen LogP) is 1.91. The van der Waals surface area contributed by atoms with Crippen LogP contribution >= 0.6 is 0 Å². The molecule has 0 bridgehead atoms. The summed E-state index contributed by atoms with van der Waals surface area (Å²) < 4.78 is 95.3. The molecule has 0 amide bonds. The summed E-state index contributed by atoms with van der Waals surface area (Å²) in [4.78, 5) is 0. The van der Waals surface area contributed by atoms with Gasteiger partial charge in [0.1, 0.15) is 6.17 Å². The van der Waals surface area contributed by atoms with Crippen LogP contribution in [0.5, 0.6) is 0 Å². The topological polar surface area (TPSA) is 0 Å². The molecule has 18 heavy (non-hydrogen) atoms. The molecule has 0 aromatic rings. The zero-order valence-electron chi connectivity index (χ0n) is 9.64. The Morgan fingerprint density at radius 3 is 1.78 bits per heavy atom. The Morgan fingerprint density at radius 2 is 1.39 bits per heavy atom. The number of rotatable bonds is 7. The molecule has 0 aromatic heterocycles. The Kier molecular flexibility index (Phi) is 9.89. The molecule has 0 radical (unpaired) electrons. The number of hydrogen-bond acceptors (Lipinski definition) is 0. The van der Waals surface area contributed by atoms with E-state index in [0.29, 0.717) is 0 Å². The third-order valence-electron chi connectivity index (χ3n) is 2.06. The van der Waals surface area contributed by atoms with Gasteiger partial charge in [-0.3, -0.25) is 0 Å². The first kappa shape index (κ1) is 20.8. The van der Waals surface area contributed by atoms with E-state index in [1.165, 1.54) is 0 Å². The van der Waals surface area contributed by atoms with Crippen molar-refractivity contribution in [3.05, 3.63) is 6.43 Å². The van der Waals surface area contributed by atoms with Crippen molar-refractivity contribution in [3.63, 3.8) is 0 Å². The van der Waals surface area contributed by atoms with Gasteiger partial charge in [-0.1, -0.05) is 12.8 Å². The Hall–Kier alpha value is 0.440. The van der Waals surface area contributed by atoms with E-state index in [1.54, 1.807) is 0 Å². The monoisotopic (exact) mass is 294 g/mol. The van der Waals surface area contributed by atoms with Crippen LogP contribution in [0.25, 0.3) is 0 Å². The van der Waals surface area contributed by atoms with E-state index < -0.39 is 37.5 Å². The van der Waals surface area contributed by atoms with Gasteiger partial charge in [0, 0.05) is 6.42 Å². The molecular weight excluding hydrogens is 283 g/mol. The molecule has 0 saturated carbocycles. The molecule has 0 aliphatic rings. The molecule has 0 rings (SSSR count). The van der Waals surface area contributed by atoms with Gasteiger partial charge in [0.2, 0.25) is 5.92 Å². The van der Waals surface area contributed by atoms with Gasteiger partial charge in [0.25, 0.3) is 0 Å².